The zero-order valence-electron chi connectivity index (χ0n) is 9.34. The molecule has 0 aliphatic heterocycles. The fourth-order valence-corrected chi connectivity index (χ4v) is 1.96. The van der Waals surface area contributed by atoms with Crippen molar-refractivity contribution in [2.75, 3.05) is 0 Å². The molecule has 0 unspecified atom stereocenters. The largest absolute Gasteiger partial charge is 0.0837 e. The fraction of sp³-hybridized carbons (Fsp3) is 0.286. The molecular weight excluding hydrogens is 204 g/mol. The highest BCUT2D eigenvalue weighted by molar-refractivity contribution is 6.35. The van der Waals surface area contributed by atoms with E-state index in [1.807, 2.05) is 12.1 Å². The minimum absolute atomic E-state index is 0.191. The highest BCUT2D eigenvalue weighted by Gasteiger charge is 2.13. The summed E-state index contributed by atoms with van der Waals surface area (Å²) in [5.74, 6) is 0. The zero-order chi connectivity index (χ0) is 11.1. The number of fused-ring (bicyclic) bond motifs is 1. The second-order valence-electron chi connectivity index (χ2n) is 4.93. The van der Waals surface area contributed by atoms with Gasteiger partial charge < -0.3 is 0 Å². The Hall–Kier alpha value is -1.01. The molecule has 0 aromatic heterocycles. The van der Waals surface area contributed by atoms with Crippen LogP contribution in [0.25, 0.3) is 10.8 Å². The molecule has 0 saturated carbocycles. The molecule has 0 radical (unpaired) electrons. The van der Waals surface area contributed by atoms with Gasteiger partial charge in [0.1, 0.15) is 0 Å². The van der Waals surface area contributed by atoms with Crippen LogP contribution in [0.4, 0.5) is 0 Å². The van der Waals surface area contributed by atoms with Crippen LogP contribution < -0.4 is 0 Å². The van der Waals surface area contributed by atoms with E-state index in [4.69, 9.17) is 11.6 Å². The molecular formula is C14H15Cl. The first kappa shape index (κ1) is 10.5. The van der Waals surface area contributed by atoms with Gasteiger partial charge in [-0.1, -0.05) is 62.7 Å². The van der Waals surface area contributed by atoms with Crippen molar-refractivity contribution in [3.63, 3.8) is 0 Å². The smallest absolute Gasteiger partial charge is 0.0484 e. The Kier molecular flexibility index (Phi) is 2.47. The minimum atomic E-state index is 0.191. The first-order valence-electron chi connectivity index (χ1n) is 5.17. The molecule has 0 N–H and O–H groups in total. The van der Waals surface area contributed by atoms with Gasteiger partial charge in [0.15, 0.2) is 0 Å². The van der Waals surface area contributed by atoms with E-state index in [1.165, 1.54) is 10.9 Å². The van der Waals surface area contributed by atoms with Crippen LogP contribution in [0.2, 0.25) is 5.02 Å². The third-order valence-electron chi connectivity index (χ3n) is 2.69. The third-order valence-corrected chi connectivity index (χ3v) is 3.02. The van der Waals surface area contributed by atoms with Crippen LogP contribution >= 0.6 is 11.6 Å². The Labute approximate surface area is 95.9 Å². The van der Waals surface area contributed by atoms with Crippen LogP contribution in [0.15, 0.2) is 36.4 Å². The van der Waals surface area contributed by atoms with Gasteiger partial charge in [0.05, 0.1) is 0 Å². The van der Waals surface area contributed by atoms with Crippen LogP contribution in [0.5, 0.6) is 0 Å². The van der Waals surface area contributed by atoms with E-state index in [0.29, 0.717) is 0 Å². The lowest BCUT2D eigenvalue weighted by Crippen LogP contribution is -2.10. The summed E-state index contributed by atoms with van der Waals surface area (Å²) >= 11 is 6.12. The van der Waals surface area contributed by atoms with E-state index >= 15 is 0 Å². The van der Waals surface area contributed by atoms with E-state index < -0.39 is 0 Å². The quantitative estimate of drug-likeness (QED) is 0.597. The number of rotatable bonds is 0. The molecule has 1 heteroatoms. The van der Waals surface area contributed by atoms with Gasteiger partial charge in [0.25, 0.3) is 0 Å². The summed E-state index contributed by atoms with van der Waals surface area (Å²) < 4.78 is 0. The van der Waals surface area contributed by atoms with Crippen molar-refractivity contribution in [2.45, 2.75) is 26.2 Å². The van der Waals surface area contributed by atoms with Crippen molar-refractivity contribution >= 4 is 22.4 Å². The van der Waals surface area contributed by atoms with Crippen molar-refractivity contribution in [3.8, 4) is 0 Å². The van der Waals surface area contributed by atoms with Gasteiger partial charge in [-0.05, 0) is 22.4 Å². The lowest BCUT2D eigenvalue weighted by molar-refractivity contribution is 0.591. The molecule has 2 aromatic carbocycles. The monoisotopic (exact) mass is 218 g/mol. The summed E-state index contributed by atoms with van der Waals surface area (Å²) in [6.07, 6.45) is 0. The summed E-state index contributed by atoms with van der Waals surface area (Å²) in [7, 11) is 0. The van der Waals surface area contributed by atoms with Crippen LogP contribution in [0.1, 0.15) is 26.3 Å². The van der Waals surface area contributed by atoms with Gasteiger partial charge in [-0.3, -0.25) is 0 Å². The van der Waals surface area contributed by atoms with Crippen LogP contribution in [0.3, 0.4) is 0 Å². The van der Waals surface area contributed by atoms with Crippen molar-refractivity contribution in [2.24, 2.45) is 0 Å². The van der Waals surface area contributed by atoms with Crippen molar-refractivity contribution in [3.05, 3.63) is 47.0 Å². The summed E-state index contributed by atoms with van der Waals surface area (Å²) in [4.78, 5) is 0. The summed E-state index contributed by atoms with van der Waals surface area (Å²) in [6, 6.07) is 12.5. The van der Waals surface area contributed by atoms with Gasteiger partial charge in [0.2, 0.25) is 0 Å². The average molecular weight is 219 g/mol. The predicted molar refractivity (Wildman–Crippen MR) is 67.7 cm³/mol. The second kappa shape index (κ2) is 3.53. The zero-order valence-corrected chi connectivity index (χ0v) is 10.1. The van der Waals surface area contributed by atoms with Crippen molar-refractivity contribution in [1.82, 2.24) is 0 Å². The molecule has 0 nitrogen and oxygen atoms in total. The van der Waals surface area contributed by atoms with E-state index in [9.17, 15) is 0 Å². The maximum atomic E-state index is 6.12. The van der Waals surface area contributed by atoms with E-state index in [2.05, 4.69) is 45.0 Å². The molecule has 0 amide bonds. The standard InChI is InChI=1S/C14H15Cl/c1-14(2,3)11-7-8-12-10(9-11)5-4-6-13(12)15/h4-9H,1-3H3. The molecule has 78 valence electrons. The lowest BCUT2D eigenvalue weighted by atomic mass is 9.86. The number of hydrogen-bond acceptors (Lipinski definition) is 0. The van der Waals surface area contributed by atoms with Gasteiger partial charge in [0, 0.05) is 10.4 Å². The molecule has 0 saturated heterocycles. The molecule has 0 bridgehead atoms. The molecule has 0 fully saturated rings. The van der Waals surface area contributed by atoms with Crippen LogP contribution in [-0.2, 0) is 5.41 Å². The van der Waals surface area contributed by atoms with Crippen molar-refractivity contribution in [1.29, 1.82) is 0 Å². The summed E-state index contributed by atoms with van der Waals surface area (Å²) in [5, 5.41) is 3.18. The molecule has 0 aliphatic carbocycles. The second-order valence-corrected chi connectivity index (χ2v) is 5.33. The molecule has 15 heavy (non-hydrogen) atoms. The predicted octanol–water partition coefficient (Wildman–Crippen LogP) is 4.79. The highest BCUT2D eigenvalue weighted by atomic mass is 35.5. The molecule has 2 rings (SSSR count). The maximum absolute atomic E-state index is 6.12. The van der Waals surface area contributed by atoms with Crippen LogP contribution in [0, 0.1) is 0 Å². The first-order valence-corrected chi connectivity index (χ1v) is 5.55. The average Bonchev–Trinajstić information content (AvgIpc) is 2.16. The Bertz CT molecular complexity index is 492. The lowest BCUT2D eigenvalue weighted by Gasteiger charge is -2.19. The van der Waals surface area contributed by atoms with Gasteiger partial charge >= 0.3 is 0 Å². The normalized spacial score (nSPS) is 12.0. The Morgan fingerprint density at radius 2 is 1.73 bits per heavy atom. The van der Waals surface area contributed by atoms with Gasteiger partial charge in [-0.25, -0.2) is 0 Å². The number of hydrogen-bond donors (Lipinski definition) is 0. The maximum Gasteiger partial charge on any atom is 0.0484 e. The SMILES string of the molecule is CC(C)(C)c1ccc2c(Cl)cccc2c1. The Morgan fingerprint density at radius 1 is 1.00 bits per heavy atom. The van der Waals surface area contributed by atoms with Gasteiger partial charge in [-0.2, -0.15) is 0 Å². The fourth-order valence-electron chi connectivity index (χ4n) is 1.71. The van der Waals surface area contributed by atoms with E-state index in [-0.39, 0.29) is 5.41 Å². The first-order chi connectivity index (χ1) is 6.98. The molecule has 0 spiro atoms. The van der Waals surface area contributed by atoms with E-state index in [1.54, 1.807) is 0 Å². The highest BCUT2D eigenvalue weighted by Crippen LogP contribution is 2.29. The number of halogens is 1. The minimum Gasteiger partial charge on any atom is -0.0837 e. The summed E-state index contributed by atoms with van der Waals surface area (Å²) in [5.41, 5.74) is 1.54. The molecule has 2 aromatic rings. The van der Waals surface area contributed by atoms with Gasteiger partial charge in [-0.15, -0.1) is 0 Å². The van der Waals surface area contributed by atoms with E-state index in [0.717, 1.165) is 10.4 Å². The molecule has 0 aliphatic rings. The Morgan fingerprint density at radius 3 is 2.40 bits per heavy atom. The topological polar surface area (TPSA) is 0 Å². The third kappa shape index (κ3) is 2.00. The van der Waals surface area contributed by atoms with Crippen molar-refractivity contribution < 1.29 is 0 Å². The summed E-state index contributed by atoms with van der Waals surface area (Å²) in [6.45, 7) is 6.66. The number of benzene rings is 2. The Balaban J connectivity index is 2.68. The molecule has 0 heterocycles. The van der Waals surface area contributed by atoms with Crippen LogP contribution in [-0.4, -0.2) is 0 Å². The molecule has 0 atom stereocenters.